The first-order valence-corrected chi connectivity index (χ1v) is 6.57. The molecule has 0 atom stereocenters. The molecule has 3 N–H and O–H groups in total. The highest BCUT2D eigenvalue weighted by Crippen LogP contribution is 2.14. The van der Waals surface area contributed by atoms with Crippen LogP contribution in [0.1, 0.15) is 10.4 Å². The molecular weight excluding hydrogens is 266 g/mol. The number of rotatable bonds is 5. The standard InChI is InChI=1S/C13H16ClN3O2/c14-11-4-2-1-3-10(11)13(19)17-6-5-16-12(18)9-7-15-8-9/h1-4,9,15H,5-8H2,(H,16,18)(H,17,19). The summed E-state index contributed by atoms with van der Waals surface area (Å²) in [7, 11) is 0. The van der Waals surface area contributed by atoms with Crippen molar-refractivity contribution in [3.8, 4) is 0 Å². The maximum absolute atomic E-state index is 11.8. The molecular formula is C13H16ClN3O2. The summed E-state index contributed by atoms with van der Waals surface area (Å²) in [4.78, 5) is 23.3. The van der Waals surface area contributed by atoms with E-state index in [1.54, 1.807) is 24.3 Å². The first kappa shape index (κ1) is 13.8. The third-order valence-electron chi connectivity index (χ3n) is 2.98. The Morgan fingerprint density at radius 3 is 2.53 bits per heavy atom. The molecule has 102 valence electrons. The zero-order valence-corrected chi connectivity index (χ0v) is 11.2. The topological polar surface area (TPSA) is 70.2 Å². The molecule has 0 unspecified atom stereocenters. The molecule has 1 saturated heterocycles. The van der Waals surface area contributed by atoms with Crippen LogP contribution in [0.5, 0.6) is 0 Å². The number of halogens is 1. The zero-order valence-electron chi connectivity index (χ0n) is 10.4. The van der Waals surface area contributed by atoms with Crippen molar-refractivity contribution in [2.45, 2.75) is 0 Å². The van der Waals surface area contributed by atoms with E-state index < -0.39 is 0 Å². The van der Waals surface area contributed by atoms with Crippen molar-refractivity contribution in [1.82, 2.24) is 16.0 Å². The lowest BCUT2D eigenvalue weighted by molar-refractivity contribution is -0.126. The van der Waals surface area contributed by atoms with E-state index in [9.17, 15) is 9.59 Å². The molecule has 2 rings (SSSR count). The molecule has 19 heavy (non-hydrogen) atoms. The molecule has 0 saturated carbocycles. The van der Waals surface area contributed by atoms with Crippen LogP contribution in [0.4, 0.5) is 0 Å². The normalized spacial score (nSPS) is 14.6. The van der Waals surface area contributed by atoms with Crippen LogP contribution < -0.4 is 16.0 Å². The number of hydrogen-bond acceptors (Lipinski definition) is 3. The summed E-state index contributed by atoms with van der Waals surface area (Å²) in [6, 6.07) is 6.86. The number of carbonyl (C=O) groups is 2. The van der Waals surface area contributed by atoms with Gasteiger partial charge in [-0.2, -0.15) is 0 Å². The molecule has 6 heteroatoms. The quantitative estimate of drug-likeness (QED) is 0.685. The van der Waals surface area contributed by atoms with Gasteiger partial charge in [0.15, 0.2) is 0 Å². The summed E-state index contributed by atoms with van der Waals surface area (Å²) in [5.74, 6) is -0.129. The minimum absolute atomic E-state index is 0.0331. The van der Waals surface area contributed by atoms with Gasteiger partial charge in [0.2, 0.25) is 5.91 Å². The van der Waals surface area contributed by atoms with Gasteiger partial charge in [-0.1, -0.05) is 23.7 Å². The van der Waals surface area contributed by atoms with Crippen LogP contribution in [0.15, 0.2) is 24.3 Å². The SMILES string of the molecule is O=C(NCCNC(=O)C1CNC1)c1ccccc1Cl. The number of hydrogen-bond donors (Lipinski definition) is 3. The van der Waals surface area contributed by atoms with Crippen LogP contribution in [0, 0.1) is 5.92 Å². The van der Waals surface area contributed by atoms with Gasteiger partial charge >= 0.3 is 0 Å². The molecule has 1 aromatic rings. The molecule has 0 bridgehead atoms. The van der Waals surface area contributed by atoms with Gasteiger partial charge in [0, 0.05) is 26.2 Å². The van der Waals surface area contributed by atoms with Crippen molar-refractivity contribution in [1.29, 1.82) is 0 Å². The average molecular weight is 282 g/mol. The molecule has 1 aliphatic heterocycles. The Morgan fingerprint density at radius 1 is 1.21 bits per heavy atom. The molecule has 2 amide bonds. The number of carbonyl (C=O) groups excluding carboxylic acids is 2. The molecule has 0 radical (unpaired) electrons. The Hall–Kier alpha value is -1.59. The van der Waals surface area contributed by atoms with Crippen molar-refractivity contribution in [3.63, 3.8) is 0 Å². The van der Waals surface area contributed by atoms with Gasteiger partial charge in [-0.25, -0.2) is 0 Å². The van der Waals surface area contributed by atoms with Crippen molar-refractivity contribution in [2.75, 3.05) is 26.2 Å². The van der Waals surface area contributed by atoms with Crippen LogP contribution >= 0.6 is 11.6 Å². The van der Waals surface area contributed by atoms with Gasteiger partial charge < -0.3 is 16.0 Å². The Bertz CT molecular complexity index is 475. The predicted molar refractivity (Wildman–Crippen MR) is 73.2 cm³/mol. The summed E-state index contributed by atoms with van der Waals surface area (Å²) in [6.45, 7) is 2.27. The molecule has 0 aliphatic carbocycles. The summed E-state index contributed by atoms with van der Waals surface area (Å²) < 4.78 is 0. The van der Waals surface area contributed by atoms with Crippen molar-refractivity contribution >= 4 is 23.4 Å². The van der Waals surface area contributed by atoms with Crippen molar-refractivity contribution in [3.05, 3.63) is 34.9 Å². The highest BCUT2D eigenvalue weighted by molar-refractivity contribution is 6.33. The molecule has 5 nitrogen and oxygen atoms in total. The van der Waals surface area contributed by atoms with E-state index in [1.165, 1.54) is 0 Å². The Kier molecular flexibility index (Phi) is 4.76. The monoisotopic (exact) mass is 281 g/mol. The van der Waals surface area contributed by atoms with E-state index >= 15 is 0 Å². The summed E-state index contributed by atoms with van der Waals surface area (Å²) in [5, 5.41) is 8.95. The molecule has 0 aromatic heterocycles. The van der Waals surface area contributed by atoms with E-state index in [1.807, 2.05) is 0 Å². The van der Waals surface area contributed by atoms with Crippen molar-refractivity contribution in [2.24, 2.45) is 5.92 Å². The second kappa shape index (κ2) is 6.54. The first-order chi connectivity index (χ1) is 9.18. The Labute approximate surface area is 116 Å². The van der Waals surface area contributed by atoms with Crippen LogP contribution in [-0.4, -0.2) is 38.0 Å². The molecule has 0 spiro atoms. The highest BCUT2D eigenvalue weighted by Gasteiger charge is 2.24. The minimum atomic E-state index is -0.231. The fourth-order valence-corrected chi connectivity index (χ4v) is 1.94. The lowest BCUT2D eigenvalue weighted by Crippen LogP contribution is -2.51. The van der Waals surface area contributed by atoms with Gasteiger partial charge in [0.05, 0.1) is 16.5 Å². The van der Waals surface area contributed by atoms with E-state index in [0.717, 1.165) is 13.1 Å². The number of benzene rings is 1. The van der Waals surface area contributed by atoms with Gasteiger partial charge in [0.25, 0.3) is 5.91 Å². The van der Waals surface area contributed by atoms with Gasteiger partial charge in [-0.05, 0) is 12.1 Å². The highest BCUT2D eigenvalue weighted by atomic mass is 35.5. The lowest BCUT2D eigenvalue weighted by atomic mass is 10.0. The lowest BCUT2D eigenvalue weighted by Gasteiger charge is -2.25. The molecule has 1 fully saturated rings. The van der Waals surface area contributed by atoms with Gasteiger partial charge in [-0.3, -0.25) is 9.59 Å². The fraction of sp³-hybridized carbons (Fsp3) is 0.385. The summed E-state index contributed by atoms with van der Waals surface area (Å²) in [6.07, 6.45) is 0. The number of amides is 2. The largest absolute Gasteiger partial charge is 0.354 e. The Balaban J connectivity index is 1.69. The predicted octanol–water partition coefficient (Wildman–Crippen LogP) is 0.405. The third-order valence-corrected chi connectivity index (χ3v) is 3.31. The second-order valence-electron chi connectivity index (χ2n) is 4.38. The molecule has 1 aliphatic rings. The summed E-state index contributed by atoms with van der Waals surface area (Å²) in [5.41, 5.74) is 0.443. The van der Waals surface area contributed by atoms with E-state index in [0.29, 0.717) is 23.7 Å². The van der Waals surface area contributed by atoms with Crippen LogP contribution in [0.25, 0.3) is 0 Å². The van der Waals surface area contributed by atoms with Crippen LogP contribution in [-0.2, 0) is 4.79 Å². The van der Waals surface area contributed by atoms with Crippen LogP contribution in [0.2, 0.25) is 5.02 Å². The number of nitrogens with one attached hydrogen (secondary N) is 3. The Morgan fingerprint density at radius 2 is 1.89 bits per heavy atom. The minimum Gasteiger partial charge on any atom is -0.354 e. The smallest absolute Gasteiger partial charge is 0.252 e. The second-order valence-corrected chi connectivity index (χ2v) is 4.79. The zero-order chi connectivity index (χ0) is 13.7. The third kappa shape index (κ3) is 3.68. The maximum atomic E-state index is 11.8. The summed E-state index contributed by atoms with van der Waals surface area (Å²) >= 11 is 5.91. The van der Waals surface area contributed by atoms with Gasteiger partial charge in [-0.15, -0.1) is 0 Å². The van der Waals surface area contributed by atoms with Crippen molar-refractivity contribution < 1.29 is 9.59 Å². The first-order valence-electron chi connectivity index (χ1n) is 6.19. The van der Waals surface area contributed by atoms with Crippen LogP contribution in [0.3, 0.4) is 0 Å². The molecule has 1 heterocycles. The van der Waals surface area contributed by atoms with Gasteiger partial charge in [0.1, 0.15) is 0 Å². The molecule has 1 aromatic carbocycles. The van der Waals surface area contributed by atoms with E-state index in [-0.39, 0.29) is 17.7 Å². The maximum Gasteiger partial charge on any atom is 0.252 e. The average Bonchev–Trinajstić information content (AvgIpc) is 2.33. The fourth-order valence-electron chi connectivity index (χ4n) is 1.72. The van der Waals surface area contributed by atoms with E-state index in [2.05, 4.69) is 16.0 Å². The van der Waals surface area contributed by atoms with E-state index in [4.69, 9.17) is 11.6 Å².